The first-order valence-electron chi connectivity index (χ1n) is 7.73. The Morgan fingerprint density at radius 1 is 1.15 bits per heavy atom. The Balaban J connectivity index is 1.83. The number of pyridine rings is 1. The van der Waals surface area contributed by atoms with Crippen molar-refractivity contribution in [3.63, 3.8) is 0 Å². The minimum absolute atomic E-state index is 0.0148. The molecule has 0 fully saturated rings. The molecule has 9 heteroatoms. The van der Waals surface area contributed by atoms with Gasteiger partial charge in [0.15, 0.2) is 0 Å². The van der Waals surface area contributed by atoms with Gasteiger partial charge < -0.3 is 15.6 Å². The highest BCUT2D eigenvalue weighted by atomic mass is 16.2. The number of carbonyl (C=O) groups excluding carboxylic acids is 2. The number of anilines is 1. The molecule has 2 aromatic heterocycles. The van der Waals surface area contributed by atoms with Gasteiger partial charge in [-0.25, -0.2) is 9.67 Å². The van der Waals surface area contributed by atoms with Crippen LogP contribution in [-0.4, -0.2) is 31.1 Å². The van der Waals surface area contributed by atoms with E-state index >= 15 is 0 Å². The van der Waals surface area contributed by atoms with Crippen molar-refractivity contribution in [2.45, 2.75) is 13.5 Å². The van der Waals surface area contributed by atoms with Crippen LogP contribution in [0.4, 0.5) is 5.69 Å². The van der Waals surface area contributed by atoms with Gasteiger partial charge in [0.25, 0.3) is 11.5 Å². The first-order valence-corrected chi connectivity index (χ1v) is 7.73. The molecule has 0 aliphatic heterocycles. The molecular weight excluding hydrogens is 336 g/mol. The molecule has 0 atom stereocenters. The topological polar surface area (TPSA) is 125 Å². The van der Waals surface area contributed by atoms with Crippen LogP contribution >= 0.6 is 0 Å². The quantitative estimate of drug-likeness (QED) is 0.691. The summed E-state index contributed by atoms with van der Waals surface area (Å²) in [4.78, 5) is 39.3. The van der Waals surface area contributed by atoms with E-state index in [2.05, 4.69) is 15.4 Å². The van der Waals surface area contributed by atoms with Gasteiger partial charge in [-0.3, -0.25) is 14.4 Å². The number of para-hydroxylation sites is 1. The molecule has 0 unspecified atom stereocenters. The van der Waals surface area contributed by atoms with Crippen LogP contribution in [0.3, 0.4) is 0 Å². The van der Waals surface area contributed by atoms with Crippen molar-refractivity contribution in [2.75, 3.05) is 5.32 Å². The van der Waals surface area contributed by atoms with E-state index in [1.54, 1.807) is 11.6 Å². The van der Waals surface area contributed by atoms with Crippen LogP contribution in [0.1, 0.15) is 16.4 Å². The lowest BCUT2D eigenvalue weighted by molar-refractivity contribution is -0.118. The van der Waals surface area contributed by atoms with E-state index in [-0.39, 0.29) is 12.4 Å². The zero-order valence-electron chi connectivity index (χ0n) is 13.9. The smallest absolute Gasteiger partial charge is 0.295 e. The second-order valence-corrected chi connectivity index (χ2v) is 5.53. The van der Waals surface area contributed by atoms with Crippen molar-refractivity contribution < 1.29 is 9.59 Å². The highest BCUT2D eigenvalue weighted by Crippen LogP contribution is 2.10. The molecule has 0 radical (unpaired) electrons. The van der Waals surface area contributed by atoms with Crippen molar-refractivity contribution in [3.8, 4) is 5.69 Å². The summed E-state index contributed by atoms with van der Waals surface area (Å²) in [5.74, 6) is -0.652. The van der Waals surface area contributed by atoms with Gasteiger partial charge in [0.1, 0.15) is 12.4 Å². The highest BCUT2D eigenvalue weighted by molar-refractivity contribution is 6.01. The number of aromatic nitrogens is 4. The van der Waals surface area contributed by atoms with Gasteiger partial charge in [0.05, 0.1) is 11.4 Å². The molecule has 9 nitrogen and oxygen atoms in total. The highest BCUT2D eigenvalue weighted by Gasteiger charge is 2.16. The molecule has 0 saturated carbocycles. The molecule has 0 saturated heterocycles. The van der Waals surface area contributed by atoms with E-state index in [0.717, 1.165) is 10.3 Å². The molecule has 1 aromatic carbocycles. The second-order valence-electron chi connectivity index (χ2n) is 5.53. The van der Waals surface area contributed by atoms with E-state index in [0.29, 0.717) is 11.5 Å². The van der Waals surface area contributed by atoms with Crippen molar-refractivity contribution in [3.05, 3.63) is 70.7 Å². The average molecular weight is 352 g/mol. The SMILES string of the molecule is Cc1nc(C(=O)Nc2ccc(=O)n(CC(N)=O)c2)nn1-c1ccccc1. The van der Waals surface area contributed by atoms with Crippen molar-refractivity contribution in [1.82, 2.24) is 19.3 Å². The lowest BCUT2D eigenvalue weighted by Crippen LogP contribution is -2.27. The molecule has 0 aliphatic carbocycles. The van der Waals surface area contributed by atoms with E-state index in [1.807, 2.05) is 30.3 Å². The lowest BCUT2D eigenvalue weighted by atomic mass is 10.3. The van der Waals surface area contributed by atoms with Gasteiger partial charge in [0.2, 0.25) is 11.7 Å². The van der Waals surface area contributed by atoms with Gasteiger partial charge in [-0.2, -0.15) is 0 Å². The number of hydrogen-bond donors (Lipinski definition) is 2. The summed E-state index contributed by atoms with van der Waals surface area (Å²) >= 11 is 0. The second kappa shape index (κ2) is 7.01. The van der Waals surface area contributed by atoms with E-state index in [1.165, 1.54) is 18.3 Å². The summed E-state index contributed by atoms with van der Waals surface area (Å²) in [6.45, 7) is 1.46. The number of hydrogen-bond acceptors (Lipinski definition) is 5. The maximum Gasteiger partial charge on any atom is 0.295 e. The summed E-state index contributed by atoms with van der Waals surface area (Å²) in [5, 5.41) is 6.82. The van der Waals surface area contributed by atoms with Crippen LogP contribution in [0.15, 0.2) is 53.5 Å². The van der Waals surface area contributed by atoms with Crippen molar-refractivity contribution in [2.24, 2.45) is 5.73 Å². The third-order valence-electron chi connectivity index (χ3n) is 3.54. The van der Waals surface area contributed by atoms with E-state index in [9.17, 15) is 14.4 Å². The Morgan fingerprint density at radius 3 is 2.58 bits per heavy atom. The summed E-state index contributed by atoms with van der Waals surface area (Å²) in [6, 6.07) is 12.0. The minimum Gasteiger partial charge on any atom is -0.368 e. The van der Waals surface area contributed by atoms with Crippen LogP contribution in [0.5, 0.6) is 0 Å². The molecule has 3 N–H and O–H groups in total. The zero-order valence-corrected chi connectivity index (χ0v) is 13.9. The number of carbonyl (C=O) groups is 2. The van der Waals surface area contributed by atoms with Gasteiger partial charge in [-0.05, 0) is 25.1 Å². The molecule has 0 bridgehead atoms. The van der Waals surface area contributed by atoms with Crippen LogP contribution in [0, 0.1) is 6.92 Å². The monoisotopic (exact) mass is 352 g/mol. The van der Waals surface area contributed by atoms with Crippen LogP contribution < -0.4 is 16.6 Å². The first-order chi connectivity index (χ1) is 12.4. The van der Waals surface area contributed by atoms with E-state index < -0.39 is 17.4 Å². The van der Waals surface area contributed by atoms with E-state index in [4.69, 9.17) is 5.73 Å². The van der Waals surface area contributed by atoms with Crippen LogP contribution in [0.25, 0.3) is 5.69 Å². The Hall–Kier alpha value is -3.75. The largest absolute Gasteiger partial charge is 0.368 e. The van der Waals surface area contributed by atoms with Crippen molar-refractivity contribution >= 4 is 17.5 Å². The molecule has 3 rings (SSSR count). The normalized spacial score (nSPS) is 10.5. The Bertz CT molecular complexity index is 1020. The fourth-order valence-corrected chi connectivity index (χ4v) is 2.38. The summed E-state index contributed by atoms with van der Waals surface area (Å²) < 4.78 is 2.67. The Kier molecular flexibility index (Phi) is 4.61. The maximum absolute atomic E-state index is 12.4. The van der Waals surface area contributed by atoms with Gasteiger partial charge in [0, 0.05) is 12.3 Å². The number of aryl methyl sites for hydroxylation is 1. The number of benzene rings is 1. The number of rotatable bonds is 5. The Morgan fingerprint density at radius 2 is 1.88 bits per heavy atom. The number of primary amides is 1. The third-order valence-corrected chi connectivity index (χ3v) is 3.54. The van der Waals surface area contributed by atoms with Gasteiger partial charge in [-0.15, -0.1) is 5.10 Å². The maximum atomic E-state index is 12.4. The molecule has 132 valence electrons. The standard InChI is InChI=1S/C17H16N6O3/c1-11-19-16(21-23(11)13-5-3-2-4-6-13)17(26)20-12-7-8-15(25)22(9-12)10-14(18)24/h2-9H,10H2,1H3,(H2,18,24)(H,20,26). The molecule has 2 heterocycles. The number of nitrogens with two attached hydrogens (primary N) is 1. The zero-order chi connectivity index (χ0) is 18.7. The molecular formula is C17H16N6O3. The minimum atomic E-state index is -0.658. The molecule has 3 aromatic rings. The predicted octanol–water partition coefficient (Wildman–Crippen LogP) is 0.475. The average Bonchev–Trinajstić information content (AvgIpc) is 3.00. The molecule has 26 heavy (non-hydrogen) atoms. The van der Waals surface area contributed by atoms with Gasteiger partial charge in [-0.1, -0.05) is 18.2 Å². The summed E-state index contributed by atoms with van der Waals surface area (Å²) in [6.07, 6.45) is 1.34. The summed E-state index contributed by atoms with van der Waals surface area (Å²) in [7, 11) is 0. The van der Waals surface area contributed by atoms with Crippen LogP contribution in [0.2, 0.25) is 0 Å². The fraction of sp³-hybridized carbons (Fsp3) is 0.118. The van der Waals surface area contributed by atoms with Crippen molar-refractivity contribution in [1.29, 1.82) is 0 Å². The predicted molar refractivity (Wildman–Crippen MR) is 93.9 cm³/mol. The number of amides is 2. The molecule has 0 aliphatic rings. The third kappa shape index (κ3) is 3.66. The fourth-order valence-electron chi connectivity index (χ4n) is 2.38. The van der Waals surface area contributed by atoms with Crippen LogP contribution in [-0.2, 0) is 11.3 Å². The molecule has 2 amide bonds. The van der Waals surface area contributed by atoms with Gasteiger partial charge >= 0.3 is 0 Å². The number of nitrogens with zero attached hydrogens (tertiary/aromatic N) is 4. The number of nitrogens with one attached hydrogen (secondary N) is 1. The first kappa shape index (κ1) is 17.1. The Labute approximate surface area is 148 Å². The lowest BCUT2D eigenvalue weighted by Gasteiger charge is -2.06. The summed E-state index contributed by atoms with van der Waals surface area (Å²) in [5.41, 5.74) is 5.81. The molecule has 0 spiro atoms.